The van der Waals surface area contributed by atoms with Gasteiger partial charge in [-0.1, -0.05) is 66.2 Å². The van der Waals surface area contributed by atoms with Crippen LogP contribution in [0.15, 0.2) is 90.2 Å². The molecule has 0 unspecified atom stereocenters. The first-order valence-electron chi connectivity index (χ1n) is 9.21. The highest BCUT2D eigenvalue weighted by atomic mass is 32.2. The fraction of sp³-hybridized carbons (Fsp3) is 0.0870. The van der Waals surface area contributed by atoms with Crippen molar-refractivity contribution in [3.8, 4) is 11.1 Å². The number of hydrogen-bond donors (Lipinski definition) is 1. The number of aromatic nitrogens is 2. The number of nitrogens with zero attached hydrogens (tertiary/aromatic N) is 2. The minimum Gasteiger partial charge on any atom is -0.374 e. The predicted octanol–water partition coefficient (Wildman–Crippen LogP) is 3.69. The fourth-order valence-corrected chi connectivity index (χ4v) is 5.08. The number of rotatable bonds is 3. The molecule has 0 bridgehead atoms. The fourth-order valence-electron chi connectivity index (χ4n) is 3.94. The van der Waals surface area contributed by atoms with E-state index in [2.05, 4.69) is 4.98 Å². The third-order valence-electron chi connectivity index (χ3n) is 5.45. The summed E-state index contributed by atoms with van der Waals surface area (Å²) in [6.45, 7) is 1.90. The van der Waals surface area contributed by atoms with Crippen LogP contribution in [0.25, 0.3) is 11.1 Å². The third kappa shape index (κ3) is 2.50. The van der Waals surface area contributed by atoms with Gasteiger partial charge in [0.05, 0.1) is 4.90 Å². The Kier molecular flexibility index (Phi) is 3.78. The quantitative estimate of drug-likeness (QED) is 0.567. The van der Waals surface area contributed by atoms with Crippen LogP contribution in [-0.4, -0.2) is 22.5 Å². The van der Waals surface area contributed by atoms with Gasteiger partial charge in [-0.3, -0.25) is 0 Å². The van der Waals surface area contributed by atoms with Gasteiger partial charge >= 0.3 is 0 Å². The van der Waals surface area contributed by atoms with E-state index in [1.807, 2.05) is 55.5 Å². The van der Waals surface area contributed by atoms with Gasteiger partial charge in [-0.15, -0.1) is 0 Å². The Balaban J connectivity index is 1.67. The second-order valence-corrected chi connectivity index (χ2v) is 9.05. The van der Waals surface area contributed by atoms with Gasteiger partial charge in [-0.2, -0.15) is 0 Å². The zero-order valence-electron chi connectivity index (χ0n) is 15.6. The molecule has 0 radical (unpaired) electrons. The summed E-state index contributed by atoms with van der Waals surface area (Å²) in [6.07, 6.45) is 2.64. The molecule has 0 saturated heterocycles. The molecule has 0 spiro atoms. The van der Waals surface area contributed by atoms with Crippen molar-refractivity contribution in [2.45, 2.75) is 17.4 Å². The van der Waals surface area contributed by atoms with E-state index in [0.29, 0.717) is 11.1 Å². The topological polar surface area (TPSA) is 72.2 Å². The van der Waals surface area contributed by atoms with E-state index in [-0.39, 0.29) is 10.6 Å². The molecule has 0 saturated carbocycles. The van der Waals surface area contributed by atoms with E-state index in [9.17, 15) is 13.5 Å². The van der Waals surface area contributed by atoms with Gasteiger partial charge in [0.15, 0.2) is 5.60 Å². The Bertz CT molecular complexity index is 1290. The Morgan fingerprint density at radius 3 is 2.00 bits per heavy atom. The monoisotopic (exact) mass is 402 g/mol. The normalized spacial score (nSPS) is 14.4. The maximum Gasteiger partial charge on any atom is 0.268 e. The summed E-state index contributed by atoms with van der Waals surface area (Å²) in [6, 6.07) is 21.8. The summed E-state index contributed by atoms with van der Waals surface area (Å²) in [7, 11) is -3.80. The summed E-state index contributed by atoms with van der Waals surface area (Å²) in [4.78, 5) is 4.48. The van der Waals surface area contributed by atoms with Crippen LogP contribution in [0.1, 0.15) is 22.4 Å². The molecule has 5 nitrogen and oxygen atoms in total. The van der Waals surface area contributed by atoms with Crippen molar-refractivity contribution in [1.29, 1.82) is 0 Å². The number of benzene rings is 3. The van der Waals surface area contributed by atoms with Gasteiger partial charge in [-0.05, 0) is 30.2 Å². The largest absolute Gasteiger partial charge is 0.374 e. The average Bonchev–Trinajstić information content (AvgIpc) is 3.33. The zero-order chi connectivity index (χ0) is 20.2. The molecule has 4 aromatic rings. The van der Waals surface area contributed by atoms with Gasteiger partial charge in [0, 0.05) is 17.3 Å². The molecule has 0 amide bonds. The van der Waals surface area contributed by atoms with Crippen molar-refractivity contribution in [2.24, 2.45) is 0 Å². The van der Waals surface area contributed by atoms with Crippen molar-refractivity contribution >= 4 is 10.0 Å². The molecule has 0 aliphatic heterocycles. The molecule has 6 heteroatoms. The molecule has 1 aliphatic rings. The first kappa shape index (κ1) is 17.8. The Hall–Kier alpha value is -3.22. The van der Waals surface area contributed by atoms with Crippen LogP contribution in [0.3, 0.4) is 0 Å². The van der Waals surface area contributed by atoms with Crippen molar-refractivity contribution in [1.82, 2.24) is 8.96 Å². The highest BCUT2D eigenvalue weighted by Gasteiger charge is 2.44. The van der Waals surface area contributed by atoms with E-state index in [4.69, 9.17) is 0 Å². The van der Waals surface area contributed by atoms with E-state index in [1.54, 1.807) is 24.3 Å². The van der Waals surface area contributed by atoms with Gasteiger partial charge < -0.3 is 5.11 Å². The second kappa shape index (κ2) is 6.14. The van der Waals surface area contributed by atoms with Crippen LogP contribution >= 0.6 is 0 Å². The van der Waals surface area contributed by atoms with Crippen LogP contribution < -0.4 is 0 Å². The minimum absolute atomic E-state index is 0.172. The minimum atomic E-state index is -3.80. The zero-order valence-corrected chi connectivity index (χ0v) is 16.5. The molecule has 1 aromatic heterocycles. The number of aliphatic hydroxyl groups is 1. The average molecular weight is 402 g/mol. The Labute approximate surface area is 169 Å². The molecule has 1 heterocycles. The lowest BCUT2D eigenvalue weighted by Crippen LogP contribution is -2.26. The standard InChI is InChI=1S/C23H18N2O3S/c1-16-10-12-17(13-11-16)29(27,28)25-14-22(24-15-25)23(26)20-8-4-2-6-18(20)19-7-3-5-9-21(19)23/h2-15,26H,1H3. The summed E-state index contributed by atoms with van der Waals surface area (Å²) in [5, 5.41) is 11.8. The summed E-state index contributed by atoms with van der Waals surface area (Å²) >= 11 is 0. The van der Waals surface area contributed by atoms with Gasteiger partial charge in [-0.25, -0.2) is 17.4 Å². The smallest absolute Gasteiger partial charge is 0.268 e. The number of imidazole rings is 1. The van der Waals surface area contributed by atoms with Crippen LogP contribution in [0.5, 0.6) is 0 Å². The van der Waals surface area contributed by atoms with Gasteiger partial charge in [0.1, 0.15) is 12.0 Å². The molecule has 29 heavy (non-hydrogen) atoms. The first-order valence-corrected chi connectivity index (χ1v) is 10.6. The third-order valence-corrected chi connectivity index (χ3v) is 7.07. The van der Waals surface area contributed by atoms with Crippen LogP contribution in [0.2, 0.25) is 0 Å². The summed E-state index contributed by atoms with van der Waals surface area (Å²) < 4.78 is 27.1. The lowest BCUT2D eigenvalue weighted by molar-refractivity contribution is 0.126. The second-order valence-electron chi connectivity index (χ2n) is 7.21. The molecule has 1 N–H and O–H groups in total. The first-order chi connectivity index (χ1) is 13.9. The lowest BCUT2D eigenvalue weighted by atomic mass is 9.89. The highest BCUT2D eigenvalue weighted by molar-refractivity contribution is 7.90. The molecule has 3 aromatic carbocycles. The molecular formula is C23H18N2O3S. The number of hydrogen-bond acceptors (Lipinski definition) is 4. The SMILES string of the molecule is Cc1ccc(S(=O)(=O)n2cnc(C3(O)c4ccccc4-c4ccccc43)c2)cc1. The maximum absolute atomic E-state index is 13.0. The molecule has 144 valence electrons. The van der Waals surface area contributed by atoms with Crippen molar-refractivity contribution in [3.05, 3.63) is 108 Å². The van der Waals surface area contributed by atoms with Crippen molar-refractivity contribution < 1.29 is 13.5 Å². The molecule has 1 aliphatic carbocycles. The van der Waals surface area contributed by atoms with Gasteiger partial charge in [0.25, 0.3) is 10.0 Å². The Morgan fingerprint density at radius 1 is 0.862 bits per heavy atom. The van der Waals surface area contributed by atoms with Gasteiger partial charge in [0.2, 0.25) is 0 Å². The lowest BCUT2D eigenvalue weighted by Gasteiger charge is -2.23. The summed E-state index contributed by atoms with van der Waals surface area (Å²) in [5.74, 6) is 0. The molecule has 0 atom stereocenters. The highest BCUT2D eigenvalue weighted by Crippen LogP contribution is 2.50. The van der Waals surface area contributed by atoms with Crippen molar-refractivity contribution in [2.75, 3.05) is 0 Å². The number of aryl methyl sites for hydroxylation is 1. The van der Waals surface area contributed by atoms with E-state index < -0.39 is 15.6 Å². The van der Waals surface area contributed by atoms with Crippen LogP contribution in [-0.2, 0) is 15.6 Å². The molecule has 5 rings (SSSR count). The molecule has 0 fully saturated rings. The van der Waals surface area contributed by atoms with E-state index in [1.165, 1.54) is 12.5 Å². The van der Waals surface area contributed by atoms with Crippen molar-refractivity contribution in [3.63, 3.8) is 0 Å². The van der Waals surface area contributed by atoms with E-state index in [0.717, 1.165) is 20.7 Å². The number of fused-ring (bicyclic) bond motifs is 3. The van der Waals surface area contributed by atoms with Crippen LogP contribution in [0, 0.1) is 6.92 Å². The summed E-state index contributed by atoms with van der Waals surface area (Å²) in [5.41, 5.74) is 2.96. The van der Waals surface area contributed by atoms with E-state index >= 15 is 0 Å². The Morgan fingerprint density at radius 2 is 1.41 bits per heavy atom. The maximum atomic E-state index is 13.0. The molecular weight excluding hydrogens is 384 g/mol. The predicted molar refractivity (Wildman–Crippen MR) is 110 cm³/mol. The van der Waals surface area contributed by atoms with Crippen LogP contribution in [0.4, 0.5) is 0 Å².